The lowest BCUT2D eigenvalue weighted by Gasteiger charge is -2.21. The number of nitrogens with zero attached hydrogens (tertiary/aromatic N) is 6. The molecule has 1 aliphatic carbocycles. The molecule has 0 bridgehead atoms. The number of hydrogen-bond donors (Lipinski definition) is 0. The van der Waals surface area contributed by atoms with Crippen LogP contribution >= 0.6 is 24.2 Å². The molecule has 10 heteroatoms. The standard InChI is InChI=1S/C25H28N6O2S.ClH/c1-16-11-21(29-33-16)18-5-7-19(8-6-18)25-12-20(25)13-31(14-25)9-4-10-34-24-28-27-23(30(24)3)22-17(2)26-15-32-22;/h5-8,11,15,20H,4,9-10,12-14H2,1-3H3;1H. The highest BCUT2D eigenvalue weighted by Gasteiger charge is 2.60. The largest absolute Gasteiger partial charge is 0.440 e. The lowest BCUT2D eigenvalue weighted by Crippen LogP contribution is -2.27. The van der Waals surface area contributed by atoms with Gasteiger partial charge < -0.3 is 18.4 Å². The number of thioether (sulfide) groups is 1. The van der Waals surface area contributed by atoms with Crippen LogP contribution in [0.5, 0.6) is 0 Å². The molecule has 8 nitrogen and oxygen atoms in total. The van der Waals surface area contributed by atoms with Crippen LogP contribution in [0.4, 0.5) is 0 Å². The van der Waals surface area contributed by atoms with E-state index in [9.17, 15) is 0 Å². The minimum absolute atomic E-state index is 0. The summed E-state index contributed by atoms with van der Waals surface area (Å²) in [6.45, 7) is 7.32. The van der Waals surface area contributed by atoms with Gasteiger partial charge in [0.2, 0.25) is 5.82 Å². The molecular formula is C25H29ClN6O2S. The van der Waals surface area contributed by atoms with Gasteiger partial charge >= 0.3 is 0 Å². The third kappa shape index (κ3) is 4.41. The first-order chi connectivity index (χ1) is 16.5. The Kier molecular flexibility index (Phi) is 6.50. The summed E-state index contributed by atoms with van der Waals surface area (Å²) >= 11 is 1.75. The van der Waals surface area contributed by atoms with Crippen LogP contribution in [0.15, 0.2) is 50.8 Å². The van der Waals surface area contributed by atoms with Crippen molar-refractivity contribution >= 4 is 24.2 Å². The smallest absolute Gasteiger partial charge is 0.202 e. The van der Waals surface area contributed by atoms with Crippen LogP contribution in [0.1, 0.15) is 29.9 Å². The second-order valence-electron chi connectivity index (χ2n) is 9.53. The summed E-state index contributed by atoms with van der Waals surface area (Å²) in [6, 6.07) is 10.9. The number of oxazole rings is 1. The summed E-state index contributed by atoms with van der Waals surface area (Å²) in [5.41, 5.74) is 4.67. The van der Waals surface area contributed by atoms with Gasteiger partial charge in [0.15, 0.2) is 17.3 Å². The topological polar surface area (TPSA) is 86.0 Å². The fourth-order valence-electron chi connectivity index (χ4n) is 5.29. The molecule has 2 unspecified atom stereocenters. The predicted octanol–water partition coefficient (Wildman–Crippen LogP) is 4.92. The van der Waals surface area contributed by atoms with Gasteiger partial charge in [-0.3, -0.25) is 0 Å². The van der Waals surface area contributed by atoms with Gasteiger partial charge in [0.25, 0.3) is 0 Å². The van der Waals surface area contributed by atoms with E-state index in [1.807, 2.05) is 31.5 Å². The van der Waals surface area contributed by atoms with Gasteiger partial charge in [0.1, 0.15) is 11.5 Å². The predicted molar refractivity (Wildman–Crippen MR) is 137 cm³/mol. The molecule has 6 rings (SSSR count). The molecule has 0 spiro atoms. The van der Waals surface area contributed by atoms with Crippen molar-refractivity contribution < 1.29 is 8.94 Å². The molecule has 1 saturated carbocycles. The van der Waals surface area contributed by atoms with Gasteiger partial charge in [-0.25, -0.2) is 4.98 Å². The van der Waals surface area contributed by atoms with Crippen molar-refractivity contribution in [2.24, 2.45) is 13.0 Å². The highest BCUT2D eigenvalue weighted by molar-refractivity contribution is 7.99. The van der Waals surface area contributed by atoms with E-state index in [-0.39, 0.29) is 12.4 Å². The average Bonchev–Trinajstić information content (AvgIpc) is 3.31. The van der Waals surface area contributed by atoms with Gasteiger partial charge in [-0.1, -0.05) is 41.2 Å². The SMILES string of the molecule is Cc1cc(-c2ccc(C34CC3CN(CCCSc3nnc(-c5ocnc5C)n3C)C4)cc2)no1.Cl. The van der Waals surface area contributed by atoms with Crippen molar-refractivity contribution in [2.75, 3.05) is 25.4 Å². The van der Waals surface area contributed by atoms with Crippen molar-refractivity contribution in [3.63, 3.8) is 0 Å². The van der Waals surface area contributed by atoms with Gasteiger partial charge in [0.05, 0.1) is 5.69 Å². The Morgan fingerprint density at radius 2 is 2.00 bits per heavy atom. The molecule has 2 aliphatic rings. The monoisotopic (exact) mass is 512 g/mol. The van der Waals surface area contributed by atoms with Crippen molar-refractivity contribution in [1.29, 1.82) is 0 Å². The lowest BCUT2D eigenvalue weighted by atomic mass is 9.93. The summed E-state index contributed by atoms with van der Waals surface area (Å²) in [4.78, 5) is 6.78. The molecule has 1 aliphatic heterocycles. The van der Waals surface area contributed by atoms with Crippen LogP contribution in [0.3, 0.4) is 0 Å². The van der Waals surface area contributed by atoms with Gasteiger partial charge in [0, 0.05) is 42.9 Å². The molecule has 3 aromatic heterocycles. The first kappa shape index (κ1) is 24.1. The van der Waals surface area contributed by atoms with Gasteiger partial charge in [-0.2, -0.15) is 0 Å². The average molecular weight is 513 g/mol. The van der Waals surface area contributed by atoms with Crippen molar-refractivity contribution in [3.8, 4) is 22.8 Å². The zero-order valence-corrected chi connectivity index (χ0v) is 21.7. The quantitative estimate of drug-likeness (QED) is 0.243. The van der Waals surface area contributed by atoms with E-state index in [1.165, 1.54) is 24.9 Å². The maximum atomic E-state index is 5.47. The number of hydrogen-bond acceptors (Lipinski definition) is 8. The Labute approximate surface area is 214 Å². The van der Waals surface area contributed by atoms with E-state index in [1.54, 1.807) is 11.8 Å². The second-order valence-corrected chi connectivity index (χ2v) is 10.6. The number of benzene rings is 1. The van der Waals surface area contributed by atoms with Gasteiger partial charge in [-0.15, -0.1) is 22.6 Å². The number of piperidine rings is 1. The number of aromatic nitrogens is 5. The molecule has 0 amide bonds. The molecule has 1 saturated heterocycles. The molecule has 2 fully saturated rings. The molecule has 1 aromatic carbocycles. The Morgan fingerprint density at radius 3 is 2.71 bits per heavy atom. The number of rotatable bonds is 8. The van der Waals surface area contributed by atoms with E-state index in [4.69, 9.17) is 8.94 Å². The van der Waals surface area contributed by atoms with E-state index in [0.717, 1.165) is 64.9 Å². The zero-order chi connectivity index (χ0) is 23.3. The Hall–Kier alpha value is -2.62. The molecule has 0 radical (unpaired) electrons. The summed E-state index contributed by atoms with van der Waals surface area (Å²) < 4.78 is 12.7. The number of halogens is 1. The van der Waals surface area contributed by atoms with E-state index >= 15 is 0 Å². The summed E-state index contributed by atoms with van der Waals surface area (Å²) in [7, 11) is 1.98. The molecule has 184 valence electrons. The highest BCUT2D eigenvalue weighted by Crippen LogP contribution is 2.59. The number of aryl methyl sites for hydroxylation is 2. The van der Waals surface area contributed by atoms with E-state index < -0.39 is 0 Å². The molecule has 2 atom stereocenters. The minimum Gasteiger partial charge on any atom is -0.440 e. The Balaban J connectivity index is 0.00000253. The summed E-state index contributed by atoms with van der Waals surface area (Å²) in [5.74, 6) is 4.05. The first-order valence-corrected chi connectivity index (χ1v) is 12.7. The second kappa shape index (κ2) is 9.44. The Bertz CT molecular complexity index is 1320. The third-order valence-electron chi connectivity index (χ3n) is 7.23. The molecule has 0 N–H and O–H groups in total. The van der Waals surface area contributed by atoms with Crippen molar-refractivity contribution in [1.82, 2.24) is 29.8 Å². The molecule has 4 aromatic rings. The molecular weight excluding hydrogens is 484 g/mol. The van der Waals surface area contributed by atoms with E-state index in [2.05, 4.69) is 49.5 Å². The molecule has 4 heterocycles. The molecule has 35 heavy (non-hydrogen) atoms. The van der Waals surface area contributed by atoms with Crippen LogP contribution in [-0.4, -0.2) is 55.2 Å². The zero-order valence-electron chi connectivity index (χ0n) is 20.1. The van der Waals surface area contributed by atoms with Crippen molar-refractivity contribution in [3.05, 3.63) is 53.7 Å². The van der Waals surface area contributed by atoms with Crippen LogP contribution < -0.4 is 0 Å². The van der Waals surface area contributed by atoms with Gasteiger partial charge in [-0.05, 0) is 44.7 Å². The van der Waals surface area contributed by atoms with Crippen LogP contribution in [-0.2, 0) is 12.5 Å². The summed E-state index contributed by atoms with van der Waals surface area (Å²) in [5, 5.41) is 13.7. The fourth-order valence-corrected chi connectivity index (χ4v) is 6.12. The van der Waals surface area contributed by atoms with Crippen molar-refractivity contribution in [2.45, 2.75) is 37.3 Å². The fraction of sp³-hybridized carbons (Fsp3) is 0.440. The van der Waals surface area contributed by atoms with Crippen LogP contribution in [0, 0.1) is 19.8 Å². The summed E-state index contributed by atoms with van der Waals surface area (Å²) in [6.07, 6.45) is 3.89. The Morgan fingerprint density at radius 1 is 1.17 bits per heavy atom. The number of likely N-dealkylation sites (tertiary alicyclic amines) is 1. The third-order valence-corrected chi connectivity index (χ3v) is 8.34. The van der Waals surface area contributed by atoms with Crippen LogP contribution in [0.25, 0.3) is 22.8 Å². The first-order valence-electron chi connectivity index (χ1n) is 11.7. The number of fused-ring (bicyclic) bond motifs is 1. The lowest BCUT2D eigenvalue weighted by molar-refractivity contribution is 0.299. The maximum Gasteiger partial charge on any atom is 0.202 e. The van der Waals surface area contributed by atoms with E-state index in [0.29, 0.717) is 11.2 Å². The normalized spacial score (nSPS) is 21.2. The maximum absolute atomic E-state index is 5.47. The highest BCUT2D eigenvalue weighted by atomic mass is 35.5. The minimum atomic E-state index is 0. The van der Waals surface area contributed by atoms with Crippen LogP contribution in [0.2, 0.25) is 0 Å².